The lowest BCUT2D eigenvalue weighted by molar-refractivity contribution is -0.135. The number of halogens is 5. The average molecular weight is 464 g/mol. The minimum absolute atomic E-state index is 0.000777. The topological polar surface area (TPSA) is 41.1 Å². The van der Waals surface area contributed by atoms with Crippen LogP contribution in [0, 0.1) is 29.3 Å². The van der Waals surface area contributed by atoms with Gasteiger partial charge in [-0.15, -0.1) is 0 Å². The summed E-state index contributed by atoms with van der Waals surface area (Å²) in [5, 5.41) is 6.11. The van der Waals surface area contributed by atoms with E-state index in [9.17, 15) is 26.7 Å². The van der Waals surface area contributed by atoms with Crippen LogP contribution in [0.1, 0.15) is 56.2 Å². The first kappa shape index (κ1) is 22.2. The number of hydrogen-bond donors (Lipinski definition) is 2. The first-order chi connectivity index (χ1) is 15.5. The molecule has 0 aromatic heterocycles. The fourth-order valence-electron chi connectivity index (χ4n) is 5.84. The van der Waals surface area contributed by atoms with E-state index in [1.807, 2.05) is 6.92 Å². The fourth-order valence-corrected chi connectivity index (χ4v) is 5.84. The van der Waals surface area contributed by atoms with E-state index in [0.29, 0.717) is 18.4 Å². The van der Waals surface area contributed by atoms with Crippen molar-refractivity contribution in [3.8, 4) is 0 Å². The highest BCUT2D eigenvalue weighted by atomic mass is 19.3. The second-order valence-corrected chi connectivity index (χ2v) is 9.99. The third-order valence-electron chi connectivity index (χ3n) is 7.73. The Kier molecular flexibility index (Phi) is 5.18. The molecule has 2 unspecified atom stereocenters. The molecular weight excluding hydrogens is 439 g/mol. The zero-order valence-corrected chi connectivity index (χ0v) is 18.1. The summed E-state index contributed by atoms with van der Waals surface area (Å²) < 4.78 is 68.3. The van der Waals surface area contributed by atoms with Gasteiger partial charge in [-0.2, -0.15) is 0 Å². The Hall–Kier alpha value is -2.64. The van der Waals surface area contributed by atoms with E-state index in [4.69, 9.17) is 0 Å². The van der Waals surface area contributed by atoms with Gasteiger partial charge in [0.05, 0.1) is 11.7 Å². The number of fused-ring (bicyclic) bond motifs is 1. The summed E-state index contributed by atoms with van der Waals surface area (Å²) in [5.74, 6) is -4.90. The summed E-state index contributed by atoms with van der Waals surface area (Å²) in [5.41, 5.74) is 0.841. The molecule has 2 aliphatic carbocycles. The summed E-state index contributed by atoms with van der Waals surface area (Å²) in [7, 11) is 0. The van der Waals surface area contributed by atoms with E-state index < -0.39 is 29.0 Å². The molecule has 1 heterocycles. The predicted molar refractivity (Wildman–Crippen MR) is 113 cm³/mol. The first-order valence-electron chi connectivity index (χ1n) is 11.2. The standard InChI is InChI=1S/C25H25F5N2O/c1-24(15-7-18(8-15)31-21(33)6-13-11-25(29,30)12-13)19-9-17(27)10-20(28)22(19)32-23(24)14-2-4-16(26)5-3-14/h2-5,9-10,13,15,18,23,32H,6-8,11-12H2,1H3,(H,31,33). The van der Waals surface area contributed by atoms with Crippen LogP contribution in [0.25, 0.3) is 0 Å². The summed E-state index contributed by atoms with van der Waals surface area (Å²) in [6.07, 6.45) is 0.794. The van der Waals surface area contributed by atoms with Crippen LogP contribution >= 0.6 is 0 Å². The van der Waals surface area contributed by atoms with Crippen molar-refractivity contribution in [3.63, 3.8) is 0 Å². The first-order valence-corrected chi connectivity index (χ1v) is 11.2. The van der Waals surface area contributed by atoms with Gasteiger partial charge in [0.15, 0.2) is 0 Å². The number of rotatable bonds is 5. The van der Waals surface area contributed by atoms with Crippen molar-refractivity contribution >= 4 is 11.6 Å². The van der Waals surface area contributed by atoms with Crippen LogP contribution in [-0.4, -0.2) is 17.9 Å². The quantitative estimate of drug-likeness (QED) is 0.545. The van der Waals surface area contributed by atoms with E-state index in [0.717, 1.165) is 11.6 Å². The number of alkyl halides is 2. The molecule has 1 amide bonds. The molecule has 5 rings (SSSR count). The molecule has 2 aromatic carbocycles. The summed E-state index contributed by atoms with van der Waals surface area (Å²) in [4.78, 5) is 12.3. The Bertz CT molecular complexity index is 1070. The maximum atomic E-state index is 14.6. The van der Waals surface area contributed by atoms with Gasteiger partial charge >= 0.3 is 0 Å². The largest absolute Gasteiger partial charge is 0.375 e. The van der Waals surface area contributed by atoms with E-state index in [2.05, 4.69) is 10.6 Å². The zero-order chi connectivity index (χ0) is 23.5. The van der Waals surface area contributed by atoms with Crippen molar-refractivity contribution in [2.75, 3.05) is 5.32 Å². The number of carbonyl (C=O) groups is 1. The lowest BCUT2D eigenvalue weighted by atomic mass is 9.58. The maximum absolute atomic E-state index is 14.6. The minimum Gasteiger partial charge on any atom is -0.375 e. The normalized spacial score (nSPS) is 30.1. The smallest absolute Gasteiger partial charge is 0.248 e. The third-order valence-corrected chi connectivity index (χ3v) is 7.73. The molecule has 0 radical (unpaired) electrons. The van der Waals surface area contributed by atoms with Gasteiger partial charge in [0.1, 0.15) is 17.5 Å². The lowest BCUT2D eigenvalue weighted by Crippen LogP contribution is -2.52. The van der Waals surface area contributed by atoms with E-state index in [-0.39, 0.29) is 54.6 Å². The van der Waals surface area contributed by atoms with Crippen LogP contribution in [0.4, 0.5) is 27.6 Å². The van der Waals surface area contributed by atoms with Gasteiger partial charge in [0, 0.05) is 36.8 Å². The van der Waals surface area contributed by atoms with Crippen molar-refractivity contribution in [2.45, 2.75) is 62.4 Å². The second-order valence-electron chi connectivity index (χ2n) is 9.99. The maximum Gasteiger partial charge on any atom is 0.248 e. The Morgan fingerprint density at radius 1 is 1.06 bits per heavy atom. The van der Waals surface area contributed by atoms with Gasteiger partial charge < -0.3 is 10.6 Å². The second kappa shape index (κ2) is 7.71. The molecule has 2 fully saturated rings. The number of amides is 1. The fraction of sp³-hybridized carbons (Fsp3) is 0.480. The van der Waals surface area contributed by atoms with Crippen molar-refractivity contribution in [3.05, 3.63) is 65.0 Å². The van der Waals surface area contributed by atoms with Crippen LogP contribution in [0.15, 0.2) is 36.4 Å². The number of hydrogen-bond acceptors (Lipinski definition) is 2. The Morgan fingerprint density at radius 2 is 1.73 bits per heavy atom. The van der Waals surface area contributed by atoms with Crippen LogP contribution < -0.4 is 10.6 Å². The third kappa shape index (κ3) is 3.87. The Labute approximate surface area is 188 Å². The van der Waals surface area contributed by atoms with Gasteiger partial charge in [-0.25, -0.2) is 22.0 Å². The van der Waals surface area contributed by atoms with Crippen LogP contribution in [0.3, 0.4) is 0 Å². The van der Waals surface area contributed by atoms with Crippen molar-refractivity contribution in [1.82, 2.24) is 5.32 Å². The number of benzene rings is 2. The van der Waals surface area contributed by atoms with Crippen molar-refractivity contribution in [1.29, 1.82) is 0 Å². The van der Waals surface area contributed by atoms with Crippen LogP contribution in [-0.2, 0) is 10.2 Å². The molecule has 176 valence electrons. The number of nitrogens with one attached hydrogen (secondary N) is 2. The number of anilines is 1. The van der Waals surface area contributed by atoms with Gasteiger partial charge in [-0.05, 0) is 54.0 Å². The number of carbonyl (C=O) groups excluding carboxylic acids is 1. The average Bonchev–Trinajstić information content (AvgIpc) is 2.97. The highest BCUT2D eigenvalue weighted by Crippen LogP contribution is 2.58. The molecule has 0 spiro atoms. The molecule has 1 aliphatic heterocycles. The molecule has 2 aromatic rings. The summed E-state index contributed by atoms with van der Waals surface area (Å²) in [6, 6.07) is 7.62. The summed E-state index contributed by atoms with van der Waals surface area (Å²) >= 11 is 0. The van der Waals surface area contributed by atoms with Gasteiger partial charge in [-0.3, -0.25) is 4.79 Å². The van der Waals surface area contributed by atoms with Crippen LogP contribution in [0.5, 0.6) is 0 Å². The SMILES string of the molecule is CC1(C2CC(NC(=O)CC3CC(F)(F)C3)C2)c2cc(F)cc(F)c2NC1c1ccc(F)cc1. The monoisotopic (exact) mass is 464 g/mol. The zero-order valence-electron chi connectivity index (χ0n) is 18.1. The molecule has 2 atom stereocenters. The van der Waals surface area contributed by atoms with E-state index in [1.165, 1.54) is 18.2 Å². The van der Waals surface area contributed by atoms with Crippen LogP contribution in [0.2, 0.25) is 0 Å². The molecule has 2 N–H and O–H groups in total. The molecule has 3 aliphatic rings. The molecule has 0 bridgehead atoms. The predicted octanol–water partition coefficient (Wildman–Crippen LogP) is 5.86. The molecule has 33 heavy (non-hydrogen) atoms. The van der Waals surface area contributed by atoms with Crippen molar-refractivity contribution < 1.29 is 26.7 Å². The Balaban J connectivity index is 1.33. The van der Waals surface area contributed by atoms with E-state index >= 15 is 0 Å². The van der Waals surface area contributed by atoms with Gasteiger partial charge in [0.25, 0.3) is 0 Å². The van der Waals surface area contributed by atoms with E-state index in [1.54, 1.807) is 12.1 Å². The molecule has 3 nitrogen and oxygen atoms in total. The minimum atomic E-state index is -2.65. The van der Waals surface area contributed by atoms with Gasteiger partial charge in [-0.1, -0.05) is 19.1 Å². The highest BCUT2D eigenvalue weighted by Gasteiger charge is 2.54. The molecule has 0 saturated heterocycles. The van der Waals surface area contributed by atoms with Crippen molar-refractivity contribution in [2.24, 2.45) is 11.8 Å². The molecule has 2 saturated carbocycles. The highest BCUT2D eigenvalue weighted by molar-refractivity contribution is 5.77. The molecular formula is C25H25F5N2O. The molecule has 8 heteroatoms. The summed E-state index contributed by atoms with van der Waals surface area (Å²) in [6.45, 7) is 1.94. The lowest BCUT2D eigenvalue weighted by Gasteiger charge is -2.48. The Morgan fingerprint density at radius 3 is 2.36 bits per heavy atom. The van der Waals surface area contributed by atoms with Gasteiger partial charge in [0.2, 0.25) is 11.8 Å².